The molecule has 0 atom stereocenters. The summed E-state index contributed by atoms with van der Waals surface area (Å²) in [6, 6.07) is 10.0. The zero-order chi connectivity index (χ0) is 25.1. The fraction of sp³-hybridized carbons (Fsp3) is 0.200. The van der Waals surface area contributed by atoms with E-state index >= 15 is 0 Å². The van der Waals surface area contributed by atoms with E-state index in [4.69, 9.17) is 14.2 Å². The molecule has 4 rings (SSSR count). The molecule has 0 unspecified atom stereocenters. The number of benzene rings is 2. The zero-order valence-corrected chi connectivity index (χ0v) is 24.0. The number of aliphatic carboxylic acids is 1. The summed E-state index contributed by atoms with van der Waals surface area (Å²) in [6.45, 7) is 1.87. The number of methoxy groups -OCH3 is 3. The summed E-state index contributed by atoms with van der Waals surface area (Å²) >= 11 is 2.29. The van der Waals surface area contributed by atoms with Crippen molar-refractivity contribution in [3.63, 3.8) is 0 Å². The molecule has 0 N–H and O–H groups in total. The van der Waals surface area contributed by atoms with E-state index in [9.17, 15) is 14.7 Å². The van der Waals surface area contributed by atoms with Gasteiger partial charge >= 0.3 is 29.6 Å². The Morgan fingerprint density at radius 1 is 0.944 bits per heavy atom. The predicted molar refractivity (Wildman–Crippen MR) is 133 cm³/mol. The first-order valence-electron chi connectivity index (χ1n) is 10.4. The fourth-order valence-corrected chi connectivity index (χ4v) is 5.16. The van der Waals surface area contributed by atoms with Gasteiger partial charge in [-0.1, -0.05) is 6.07 Å². The topological polar surface area (TPSA) is 111 Å². The number of rotatable bonds is 9. The van der Waals surface area contributed by atoms with Gasteiger partial charge in [0, 0.05) is 17.6 Å². The standard InChI is InChI=1S/C25H22N2O6S2.Na/c1-13-7-21(34-12-13)23(28)16(8-14-9-19(31-2)24(33-4)20(10-14)32-3)22(25(29)30)15-5-6-17-18(11-15)27-35-26-17;/h5-7,9-12H,8H2,1-4H3,(H,29,30);/q;+1/p-1. The van der Waals surface area contributed by atoms with Crippen molar-refractivity contribution in [3.05, 3.63) is 68.9 Å². The second-order valence-corrected chi connectivity index (χ2v) is 9.08. The maximum absolute atomic E-state index is 13.7. The van der Waals surface area contributed by atoms with Crippen LogP contribution in [0.1, 0.15) is 26.4 Å². The van der Waals surface area contributed by atoms with Crippen LogP contribution in [0.15, 0.2) is 47.4 Å². The smallest absolute Gasteiger partial charge is 0.545 e. The molecule has 2 aromatic heterocycles. The van der Waals surface area contributed by atoms with Gasteiger partial charge in [-0.05, 0) is 59.3 Å². The minimum Gasteiger partial charge on any atom is -0.545 e. The first-order valence-corrected chi connectivity index (χ1v) is 12.0. The van der Waals surface area contributed by atoms with Crippen LogP contribution < -0.4 is 48.9 Å². The zero-order valence-electron chi connectivity index (χ0n) is 20.4. The van der Waals surface area contributed by atoms with Crippen LogP contribution in [0.4, 0.5) is 0 Å². The Kier molecular flexibility index (Phi) is 9.26. The molecule has 0 aliphatic heterocycles. The molecule has 2 aromatic carbocycles. The number of ketones is 1. The summed E-state index contributed by atoms with van der Waals surface area (Å²) in [5.74, 6) is -0.675. The monoisotopic (exact) mass is 532 g/mol. The number of Topliss-reactive ketones (excluding diaryl/α,β-unsaturated/α-hetero) is 1. The number of carboxylic acid groups (broad SMARTS) is 1. The average Bonchev–Trinajstić information content (AvgIpc) is 3.50. The molecule has 36 heavy (non-hydrogen) atoms. The number of aromatic nitrogens is 2. The molecule has 8 nitrogen and oxygen atoms in total. The van der Waals surface area contributed by atoms with Crippen molar-refractivity contribution in [1.82, 2.24) is 8.75 Å². The number of ether oxygens (including phenoxy) is 3. The van der Waals surface area contributed by atoms with Gasteiger partial charge in [-0.3, -0.25) is 4.79 Å². The summed E-state index contributed by atoms with van der Waals surface area (Å²) in [5, 5.41) is 14.3. The third-order valence-corrected chi connectivity index (χ3v) is 6.99. The first-order chi connectivity index (χ1) is 16.9. The third kappa shape index (κ3) is 5.63. The molecule has 0 saturated carbocycles. The molecule has 0 aliphatic rings. The Morgan fingerprint density at radius 2 is 1.61 bits per heavy atom. The Bertz CT molecular complexity index is 1430. The molecule has 0 aliphatic carbocycles. The van der Waals surface area contributed by atoms with Gasteiger partial charge < -0.3 is 24.1 Å². The van der Waals surface area contributed by atoms with E-state index in [1.54, 1.807) is 36.4 Å². The molecule has 0 spiro atoms. The molecule has 0 saturated heterocycles. The number of allylic oxidation sites excluding steroid dienone is 1. The van der Waals surface area contributed by atoms with Crippen LogP contribution in [-0.4, -0.2) is 41.8 Å². The number of hydrogen-bond donors (Lipinski definition) is 0. The first kappa shape index (κ1) is 27.8. The van der Waals surface area contributed by atoms with Crippen LogP contribution in [0.3, 0.4) is 0 Å². The maximum Gasteiger partial charge on any atom is 1.00 e. The number of nitrogens with zero attached hydrogens (tertiary/aromatic N) is 2. The van der Waals surface area contributed by atoms with Crippen molar-refractivity contribution in [3.8, 4) is 17.2 Å². The van der Waals surface area contributed by atoms with Gasteiger partial charge in [-0.15, -0.1) is 11.3 Å². The molecule has 2 heterocycles. The number of carbonyl (C=O) groups excluding carboxylic acids is 2. The Hall–Kier alpha value is -2.76. The van der Waals surface area contributed by atoms with E-state index in [0.717, 1.165) is 17.3 Å². The second-order valence-electron chi connectivity index (χ2n) is 7.64. The quantitative estimate of drug-likeness (QED) is 0.176. The van der Waals surface area contributed by atoms with Crippen LogP contribution in [0, 0.1) is 6.92 Å². The molecule has 0 bridgehead atoms. The minimum atomic E-state index is -1.46. The fourth-order valence-electron chi connectivity index (χ4n) is 3.78. The van der Waals surface area contributed by atoms with Gasteiger partial charge in [0.25, 0.3) is 0 Å². The maximum atomic E-state index is 13.7. The number of thiophene rings is 1. The average molecular weight is 533 g/mol. The Balaban J connectivity index is 0.00000361. The van der Waals surface area contributed by atoms with E-state index in [-0.39, 0.29) is 47.1 Å². The van der Waals surface area contributed by atoms with Crippen molar-refractivity contribution in [2.24, 2.45) is 0 Å². The van der Waals surface area contributed by atoms with Gasteiger partial charge in [0.15, 0.2) is 17.3 Å². The van der Waals surface area contributed by atoms with E-state index in [1.165, 1.54) is 32.7 Å². The van der Waals surface area contributed by atoms with Crippen LogP contribution in [0.2, 0.25) is 0 Å². The van der Waals surface area contributed by atoms with Gasteiger partial charge in [0.1, 0.15) is 11.0 Å². The van der Waals surface area contributed by atoms with E-state index in [0.29, 0.717) is 44.3 Å². The molecule has 0 amide bonds. The van der Waals surface area contributed by atoms with Gasteiger partial charge in [-0.25, -0.2) is 0 Å². The normalized spacial score (nSPS) is 11.4. The van der Waals surface area contributed by atoms with Crippen molar-refractivity contribution in [2.45, 2.75) is 13.3 Å². The number of carboxylic acids is 1. The Labute approximate surface area is 238 Å². The van der Waals surface area contributed by atoms with Crippen LogP contribution in [0.5, 0.6) is 17.2 Å². The SMILES string of the molecule is COc1cc(CC(C(=O)c2cc(C)cs2)=C(C(=O)[O-])c2ccc3nsnc3c2)cc(OC)c1OC.[Na+]. The van der Waals surface area contributed by atoms with Gasteiger partial charge in [0.2, 0.25) is 5.75 Å². The molecule has 180 valence electrons. The summed E-state index contributed by atoms with van der Waals surface area (Å²) in [5.41, 5.74) is 2.88. The number of hydrogen-bond acceptors (Lipinski definition) is 10. The summed E-state index contributed by atoms with van der Waals surface area (Å²) < 4.78 is 24.6. The predicted octanol–water partition coefficient (Wildman–Crippen LogP) is 0.720. The summed E-state index contributed by atoms with van der Waals surface area (Å²) in [6.07, 6.45) is -0.0108. The van der Waals surface area contributed by atoms with Crippen LogP contribution in [0.25, 0.3) is 16.6 Å². The summed E-state index contributed by atoms with van der Waals surface area (Å²) in [7, 11) is 4.47. The molecule has 11 heteroatoms. The molecule has 4 aromatic rings. The minimum absolute atomic E-state index is 0. The molecular weight excluding hydrogens is 511 g/mol. The Morgan fingerprint density at radius 3 is 2.17 bits per heavy atom. The largest absolute Gasteiger partial charge is 1.00 e. The number of aryl methyl sites for hydroxylation is 1. The van der Waals surface area contributed by atoms with E-state index < -0.39 is 11.8 Å². The van der Waals surface area contributed by atoms with Crippen LogP contribution in [-0.2, 0) is 11.2 Å². The van der Waals surface area contributed by atoms with Gasteiger partial charge in [0.05, 0.1) is 43.9 Å². The van der Waals surface area contributed by atoms with Crippen molar-refractivity contribution >= 4 is 51.4 Å². The molecule has 0 fully saturated rings. The number of fused-ring (bicyclic) bond motifs is 1. The second kappa shape index (κ2) is 12.0. The van der Waals surface area contributed by atoms with Gasteiger partial charge in [-0.2, -0.15) is 8.75 Å². The van der Waals surface area contributed by atoms with Crippen molar-refractivity contribution in [1.29, 1.82) is 0 Å². The number of carbonyl (C=O) groups is 2. The summed E-state index contributed by atoms with van der Waals surface area (Å²) in [4.78, 5) is 26.6. The molecule has 0 radical (unpaired) electrons. The van der Waals surface area contributed by atoms with Crippen molar-refractivity contribution < 1.29 is 58.5 Å². The van der Waals surface area contributed by atoms with E-state index in [1.807, 2.05) is 12.3 Å². The van der Waals surface area contributed by atoms with E-state index in [2.05, 4.69) is 8.75 Å². The molecular formula is C25H21N2NaO6S2. The van der Waals surface area contributed by atoms with Crippen molar-refractivity contribution in [2.75, 3.05) is 21.3 Å². The third-order valence-electron chi connectivity index (χ3n) is 5.38. The van der Waals surface area contributed by atoms with Crippen LogP contribution >= 0.6 is 23.1 Å².